The maximum Gasteiger partial charge on any atom is 0.254 e. The van der Waals surface area contributed by atoms with Gasteiger partial charge in [0.2, 0.25) is 0 Å². The molecule has 1 amide bonds. The minimum atomic E-state index is -0.382. The molecular formula is C22H19FN4O. The van der Waals surface area contributed by atoms with Crippen molar-refractivity contribution in [3.05, 3.63) is 83.8 Å². The summed E-state index contributed by atoms with van der Waals surface area (Å²) < 4.78 is 15.9. The van der Waals surface area contributed by atoms with Gasteiger partial charge in [-0.05, 0) is 23.8 Å². The summed E-state index contributed by atoms with van der Waals surface area (Å²) in [5.74, 6) is -0.547. The van der Waals surface area contributed by atoms with Crippen molar-refractivity contribution < 1.29 is 9.18 Å². The average molecular weight is 374 g/mol. The lowest BCUT2D eigenvalue weighted by Crippen LogP contribution is -2.26. The predicted molar refractivity (Wildman–Crippen MR) is 106 cm³/mol. The van der Waals surface area contributed by atoms with E-state index in [-0.39, 0.29) is 11.7 Å². The minimum Gasteiger partial charge on any atom is -0.337 e. The van der Waals surface area contributed by atoms with E-state index in [0.29, 0.717) is 34.4 Å². The summed E-state index contributed by atoms with van der Waals surface area (Å²) in [4.78, 5) is 19.4. The van der Waals surface area contributed by atoms with Crippen LogP contribution in [0.4, 0.5) is 4.39 Å². The Kier molecular flexibility index (Phi) is 4.61. The lowest BCUT2D eigenvalue weighted by Gasteiger charge is -2.18. The third kappa shape index (κ3) is 3.24. The number of nitrogens with zero attached hydrogens (tertiary/aromatic N) is 4. The summed E-state index contributed by atoms with van der Waals surface area (Å²) in [6, 6.07) is 17.8. The zero-order chi connectivity index (χ0) is 19.7. The molecule has 5 nitrogen and oxygen atoms in total. The molecule has 2 heterocycles. The van der Waals surface area contributed by atoms with Crippen LogP contribution >= 0.6 is 0 Å². The van der Waals surface area contributed by atoms with Gasteiger partial charge in [-0.25, -0.2) is 9.37 Å². The van der Waals surface area contributed by atoms with Crippen LogP contribution in [0.25, 0.3) is 22.3 Å². The molecule has 0 unspecified atom stereocenters. The fourth-order valence-corrected chi connectivity index (χ4v) is 3.23. The number of carbonyl (C=O) groups excluding carboxylic acids is 1. The minimum absolute atomic E-state index is 0.165. The first kappa shape index (κ1) is 17.9. The second-order valence-corrected chi connectivity index (χ2v) is 6.69. The van der Waals surface area contributed by atoms with Crippen LogP contribution in [0, 0.1) is 5.82 Å². The highest BCUT2D eigenvalue weighted by atomic mass is 19.1. The monoisotopic (exact) mass is 374 g/mol. The van der Waals surface area contributed by atoms with Crippen molar-refractivity contribution in [1.29, 1.82) is 0 Å². The Bertz CT molecular complexity index is 1150. The Morgan fingerprint density at radius 1 is 1.11 bits per heavy atom. The fraction of sp³-hybridized carbons (Fsp3) is 0.136. The lowest BCUT2D eigenvalue weighted by molar-refractivity contribution is 0.0787. The van der Waals surface area contributed by atoms with Crippen molar-refractivity contribution in [1.82, 2.24) is 19.7 Å². The number of rotatable bonds is 4. The Morgan fingerprint density at radius 2 is 1.82 bits per heavy atom. The summed E-state index contributed by atoms with van der Waals surface area (Å²) in [7, 11) is 3.50. The number of benzene rings is 2. The van der Waals surface area contributed by atoms with E-state index < -0.39 is 0 Å². The molecule has 0 aliphatic carbocycles. The van der Waals surface area contributed by atoms with E-state index in [0.717, 1.165) is 5.56 Å². The third-order valence-electron chi connectivity index (χ3n) is 4.69. The van der Waals surface area contributed by atoms with E-state index in [1.165, 1.54) is 6.07 Å². The maximum absolute atomic E-state index is 14.3. The molecule has 0 aliphatic heterocycles. The highest BCUT2D eigenvalue weighted by molar-refractivity contribution is 6.06. The van der Waals surface area contributed by atoms with Crippen molar-refractivity contribution in [2.75, 3.05) is 7.05 Å². The van der Waals surface area contributed by atoms with Gasteiger partial charge in [0.1, 0.15) is 5.82 Å². The molecule has 0 bridgehead atoms. The first-order valence-corrected chi connectivity index (χ1v) is 8.91. The molecule has 140 valence electrons. The fourth-order valence-electron chi connectivity index (χ4n) is 3.23. The smallest absolute Gasteiger partial charge is 0.254 e. The van der Waals surface area contributed by atoms with Gasteiger partial charge in [0, 0.05) is 26.2 Å². The topological polar surface area (TPSA) is 51.0 Å². The van der Waals surface area contributed by atoms with Crippen LogP contribution in [0.3, 0.4) is 0 Å². The standard InChI is InChI=1S/C22H19FN4O/c1-26(14-15-8-4-3-5-9-15)22(28)17-12-20(16-10-6-7-11-19(16)23)25-21-18(17)13-24-27(21)2/h3-13H,14H2,1-2H3. The molecule has 2 aromatic carbocycles. The Hall–Kier alpha value is -3.54. The van der Waals surface area contributed by atoms with E-state index in [1.54, 1.807) is 54.1 Å². The molecule has 0 radical (unpaired) electrons. The van der Waals surface area contributed by atoms with Gasteiger partial charge in [-0.3, -0.25) is 9.48 Å². The first-order valence-electron chi connectivity index (χ1n) is 8.91. The molecule has 0 atom stereocenters. The summed E-state index contributed by atoms with van der Waals surface area (Å²) in [6.45, 7) is 0.471. The number of halogens is 1. The zero-order valence-corrected chi connectivity index (χ0v) is 15.6. The van der Waals surface area contributed by atoms with Crippen LogP contribution < -0.4 is 0 Å². The number of amides is 1. The third-order valence-corrected chi connectivity index (χ3v) is 4.69. The Balaban J connectivity index is 1.79. The average Bonchev–Trinajstić information content (AvgIpc) is 3.09. The second kappa shape index (κ2) is 7.23. The number of aryl methyl sites for hydroxylation is 1. The van der Waals surface area contributed by atoms with E-state index in [1.807, 2.05) is 30.3 Å². The van der Waals surface area contributed by atoms with E-state index in [9.17, 15) is 9.18 Å². The predicted octanol–water partition coefficient (Wildman–Crippen LogP) is 4.05. The molecule has 0 N–H and O–H groups in total. The summed E-state index contributed by atoms with van der Waals surface area (Å²) >= 11 is 0. The Morgan fingerprint density at radius 3 is 2.57 bits per heavy atom. The molecule has 0 fully saturated rings. The highest BCUT2D eigenvalue weighted by Gasteiger charge is 2.20. The molecule has 0 saturated heterocycles. The van der Waals surface area contributed by atoms with Gasteiger partial charge < -0.3 is 4.90 Å². The number of hydrogen-bond donors (Lipinski definition) is 0. The summed E-state index contributed by atoms with van der Waals surface area (Å²) in [5.41, 5.74) is 2.78. The number of pyridine rings is 1. The van der Waals surface area contributed by atoms with Gasteiger partial charge in [0.25, 0.3) is 5.91 Å². The Labute approximate surface area is 162 Å². The zero-order valence-electron chi connectivity index (χ0n) is 15.6. The normalized spacial score (nSPS) is 11.0. The van der Waals surface area contributed by atoms with Gasteiger partial charge in [-0.15, -0.1) is 0 Å². The lowest BCUT2D eigenvalue weighted by atomic mass is 10.1. The second-order valence-electron chi connectivity index (χ2n) is 6.69. The highest BCUT2D eigenvalue weighted by Crippen LogP contribution is 2.27. The van der Waals surface area contributed by atoms with Crippen LogP contribution in [-0.2, 0) is 13.6 Å². The van der Waals surface area contributed by atoms with Gasteiger partial charge >= 0.3 is 0 Å². The molecule has 28 heavy (non-hydrogen) atoms. The van der Waals surface area contributed by atoms with E-state index in [4.69, 9.17) is 0 Å². The molecule has 2 aromatic heterocycles. The quantitative estimate of drug-likeness (QED) is 0.542. The molecule has 0 spiro atoms. The van der Waals surface area contributed by atoms with E-state index in [2.05, 4.69) is 10.1 Å². The molecule has 6 heteroatoms. The molecule has 0 saturated carbocycles. The number of hydrogen-bond acceptors (Lipinski definition) is 3. The van der Waals surface area contributed by atoms with Crippen molar-refractivity contribution in [3.8, 4) is 11.3 Å². The van der Waals surface area contributed by atoms with Crippen molar-refractivity contribution in [3.63, 3.8) is 0 Å². The van der Waals surface area contributed by atoms with Crippen LogP contribution in [0.2, 0.25) is 0 Å². The van der Waals surface area contributed by atoms with Crippen LogP contribution in [0.5, 0.6) is 0 Å². The largest absolute Gasteiger partial charge is 0.337 e. The van der Waals surface area contributed by atoms with Crippen molar-refractivity contribution >= 4 is 16.9 Å². The molecular weight excluding hydrogens is 355 g/mol. The van der Waals surface area contributed by atoms with Crippen molar-refractivity contribution in [2.45, 2.75) is 6.54 Å². The van der Waals surface area contributed by atoms with Crippen LogP contribution in [0.1, 0.15) is 15.9 Å². The van der Waals surface area contributed by atoms with Crippen LogP contribution in [0.15, 0.2) is 66.9 Å². The molecule has 4 rings (SSSR count). The molecule has 0 aliphatic rings. The summed E-state index contributed by atoms with van der Waals surface area (Å²) in [6.07, 6.45) is 1.62. The van der Waals surface area contributed by atoms with Crippen LogP contribution in [-0.4, -0.2) is 32.6 Å². The number of carbonyl (C=O) groups is 1. The van der Waals surface area contributed by atoms with Gasteiger partial charge in [0.15, 0.2) is 5.65 Å². The van der Waals surface area contributed by atoms with Crippen molar-refractivity contribution in [2.24, 2.45) is 7.05 Å². The summed E-state index contributed by atoms with van der Waals surface area (Å²) in [5, 5.41) is 4.87. The maximum atomic E-state index is 14.3. The number of aromatic nitrogens is 3. The SMILES string of the molecule is CN(Cc1ccccc1)C(=O)c1cc(-c2ccccc2F)nc2c1cnn2C. The van der Waals surface area contributed by atoms with Gasteiger partial charge in [-0.1, -0.05) is 42.5 Å². The van der Waals surface area contributed by atoms with E-state index >= 15 is 0 Å². The van der Waals surface area contributed by atoms with Gasteiger partial charge in [0.05, 0.1) is 22.8 Å². The molecule has 4 aromatic rings. The van der Waals surface area contributed by atoms with Gasteiger partial charge in [-0.2, -0.15) is 5.10 Å². The first-order chi connectivity index (χ1) is 13.5. The number of fused-ring (bicyclic) bond motifs is 1.